The van der Waals surface area contributed by atoms with Gasteiger partial charge >= 0.3 is 0 Å². The van der Waals surface area contributed by atoms with Crippen LogP contribution in [0.5, 0.6) is 0 Å². The van der Waals surface area contributed by atoms with E-state index in [1.54, 1.807) is 0 Å². The van der Waals surface area contributed by atoms with Crippen LogP contribution in [0.3, 0.4) is 0 Å². The molecule has 0 spiro atoms. The van der Waals surface area contributed by atoms with Crippen molar-refractivity contribution in [1.82, 2.24) is 0 Å². The molecule has 2 heteroatoms. The van der Waals surface area contributed by atoms with Crippen LogP contribution >= 0.6 is 0 Å². The molecule has 2 nitrogen and oxygen atoms in total. The van der Waals surface area contributed by atoms with Crippen molar-refractivity contribution in [2.75, 3.05) is 25.0 Å². The molecule has 1 rings (SSSR count). The molecule has 0 aliphatic carbocycles. The lowest BCUT2D eigenvalue weighted by molar-refractivity contribution is 0.727. The summed E-state index contributed by atoms with van der Waals surface area (Å²) in [5.74, 6) is 0. The maximum absolute atomic E-state index is 5.48. The van der Waals surface area contributed by atoms with Crippen LogP contribution in [-0.2, 0) is 0 Å². The molecule has 0 heterocycles. The third-order valence-electron chi connectivity index (χ3n) is 2.71. The molecule has 1 aromatic carbocycles. The molecule has 0 saturated carbocycles. The number of nitrogens with two attached hydrogens (primary N) is 1. The summed E-state index contributed by atoms with van der Waals surface area (Å²) in [6, 6.07) is 6.60. The maximum atomic E-state index is 5.48. The van der Waals surface area contributed by atoms with E-state index in [9.17, 15) is 0 Å². The van der Waals surface area contributed by atoms with Crippen LogP contribution in [0.15, 0.2) is 18.2 Å². The first-order chi connectivity index (χ1) is 7.15. The van der Waals surface area contributed by atoms with E-state index < -0.39 is 0 Å². The molecule has 0 aromatic heterocycles. The molecular formula is C13H22N2. The molecular weight excluding hydrogens is 184 g/mol. The number of benzene rings is 1. The van der Waals surface area contributed by atoms with E-state index >= 15 is 0 Å². The highest BCUT2D eigenvalue weighted by Gasteiger charge is 2.03. The predicted octanol–water partition coefficient (Wildman–Crippen LogP) is 2.48. The van der Waals surface area contributed by atoms with E-state index in [0.717, 1.165) is 19.5 Å². The van der Waals surface area contributed by atoms with Crippen molar-refractivity contribution in [2.24, 2.45) is 5.73 Å². The van der Waals surface area contributed by atoms with Gasteiger partial charge in [-0.25, -0.2) is 0 Å². The third kappa shape index (κ3) is 3.56. The van der Waals surface area contributed by atoms with Crippen LogP contribution in [0, 0.1) is 13.8 Å². The van der Waals surface area contributed by atoms with Gasteiger partial charge in [-0.15, -0.1) is 0 Å². The lowest BCUT2D eigenvalue weighted by atomic mass is 10.1. The summed E-state index contributed by atoms with van der Waals surface area (Å²) in [4.78, 5) is 2.31. The van der Waals surface area contributed by atoms with Gasteiger partial charge in [0.1, 0.15) is 0 Å². The fourth-order valence-electron chi connectivity index (χ4n) is 1.85. The van der Waals surface area contributed by atoms with Gasteiger partial charge in [-0.3, -0.25) is 0 Å². The van der Waals surface area contributed by atoms with Crippen molar-refractivity contribution >= 4 is 5.69 Å². The fraction of sp³-hybridized carbons (Fsp3) is 0.538. The van der Waals surface area contributed by atoms with Gasteiger partial charge in [0.25, 0.3) is 0 Å². The van der Waals surface area contributed by atoms with Crippen LogP contribution in [0.25, 0.3) is 0 Å². The number of hydrogen-bond acceptors (Lipinski definition) is 2. The van der Waals surface area contributed by atoms with Crippen molar-refractivity contribution in [3.63, 3.8) is 0 Å². The zero-order valence-corrected chi connectivity index (χ0v) is 10.1. The van der Waals surface area contributed by atoms with E-state index in [0.29, 0.717) is 0 Å². The van der Waals surface area contributed by atoms with Crippen molar-refractivity contribution in [2.45, 2.75) is 26.7 Å². The predicted molar refractivity (Wildman–Crippen MR) is 67.5 cm³/mol. The largest absolute Gasteiger partial charge is 0.374 e. The van der Waals surface area contributed by atoms with Gasteiger partial charge < -0.3 is 10.6 Å². The van der Waals surface area contributed by atoms with Crippen LogP contribution in [-0.4, -0.2) is 20.1 Å². The van der Waals surface area contributed by atoms with Gasteiger partial charge in [0.05, 0.1) is 0 Å². The van der Waals surface area contributed by atoms with E-state index in [2.05, 4.69) is 44.0 Å². The Labute approximate surface area is 93.1 Å². The standard InChI is InChI=1S/C13H22N2/c1-11-6-7-13(12(2)10-11)15(3)9-5-4-8-14/h6-7,10H,4-5,8-9,14H2,1-3H3. The number of aryl methyl sites for hydroxylation is 2. The summed E-state index contributed by atoms with van der Waals surface area (Å²) < 4.78 is 0. The Morgan fingerprint density at radius 2 is 1.93 bits per heavy atom. The second-order valence-corrected chi connectivity index (χ2v) is 4.21. The van der Waals surface area contributed by atoms with Gasteiger partial charge in [0.15, 0.2) is 0 Å². The summed E-state index contributed by atoms with van der Waals surface area (Å²) in [6.07, 6.45) is 2.27. The summed E-state index contributed by atoms with van der Waals surface area (Å²) in [5.41, 5.74) is 9.49. The molecule has 0 bridgehead atoms. The van der Waals surface area contributed by atoms with Gasteiger partial charge in [0, 0.05) is 19.3 Å². The second kappa shape index (κ2) is 5.76. The number of hydrogen-bond donors (Lipinski definition) is 1. The highest BCUT2D eigenvalue weighted by Crippen LogP contribution is 2.19. The average Bonchev–Trinajstić information content (AvgIpc) is 2.17. The molecule has 84 valence electrons. The Kier molecular flexibility index (Phi) is 4.63. The van der Waals surface area contributed by atoms with Crippen LogP contribution < -0.4 is 10.6 Å². The lowest BCUT2D eigenvalue weighted by Gasteiger charge is -2.21. The summed E-state index contributed by atoms with van der Waals surface area (Å²) >= 11 is 0. The monoisotopic (exact) mass is 206 g/mol. The van der Waals surface area contributed by atoms with Crippen molar-refractivity contribution in [3.05, 3.63) is 29.3 Å². The molecule has 15 heavy (non-hydrogen) atoms. The Balaban J connectivity index is 2.61. The van der Waals surface area contributed by atoms with E-state index in [4.69, 9.17) is 5.73 Å². The minimum atomic E-state index is 0.792. The van der Waals surface area contributed by atoms with E-state index in [1.807, 2.05) is 0 Å². The molecule has 0 unspecified atom stereocenters. The Bertz CT molecular complexity index is 307. The number of rotatable bonds is 5. The first kappa shape index (κ1) is 12.1. The van der Waals surface area contributed by atoms with Gasteiger partial charge in [-0.2, -0.15) is 0 Å². The maximum Gasteiger partial charge on any atom is 0.0393 e. The first-order valence-electron chi connectivity index (χ1n) is 5.63. The molecule has 0 atom stereocenters. The SMILES string of the molecule is Cc1ccc(N(C)CCCCN)c(C)c1. The highest BCUT2D eigenvalue weighted by atomic mass is 15.1. The van der Waals surface area contributed by atoms with Gasteiger partial charge in [0.2, 0.25) is 0 Å². The molecule has 1 aromatic rings. The minimum Gasteiger partial charge on any atom is -0.374 e. The molecule has 0 aliphatic rings. The Morgan fingerprint density at radius 1 is 1.20 bits per heavy atom. The van der Waals surface area contributed by atoms with Gasteiger partial charge in [-0.05, 0) is 44.9 Å². The highest BCUT2D eigenvalue weighted by molar-refractivity contribution is 5.53. The summed E-state index contributed by atoms with van der Waals surface area (Å²) in [6.45, 7) is 6.18. The molecule has 0 aliphatic heterocycles. The zero-order chi connectivity index (χ0) is 11.3. The normalized spacial score (nSPS) is 10.4. The topological polar surface area (TPSA) is 29.3 Å². The number of nitrogens with zero attached hydrogens (tertiary/aromatic N) is 1. The fourth-order valence-corrected chi connectivity index (χ4v) is 1.85. The number of unbranched alkanes of at least 4 members (excludes halogenated alkanes) is 1. The average molecular weight is 206 g/mol. The Hall–Kier alpha value is -1.02. The Morgan fingerprint density at radius 3 is 2.53 bits per heavy atom. The molecule has 0 radical (unpaired) electrons. The van der Waals surface area contributed by atoms with Crippen molar-refractivity contribution < 1.29 is 0 Å². The van der Waals surface area contributed by atoms with Crippen LogP contribution in [0.1, 0.15) is 24.0 Å². The first-order valence-corrected chi connectivity index (χ1v) is 5.63. The summed E-state index contributed by atoms with van der Waals surface area (Å²) in [5, 5.41) is 0. The minimum absolute atomic E-state index is 0.792. The van der Waals surface area contributed by atoms with Crippen LogP contribution in [0.4, 0.5) is 5.69 Å². The zero-order valence-electron chi connectivity index (χ0n) is 10.1. The van der Waals surface area contributed by atoms with Gasteiger partial charge in [-0.1, -0.05) is 17.7 Å². The van der Waals surface area contributed by atoms with E-state index in [-0.39, 0.29) is 0 Å². The molecule has 2 N–H and O–H groups in total. The van der Waals surface area contributed by atoms with Crippen molar-refractivity contribution in [1.29, 1.82) is 0 Å². The molecule has 0 saturated heterocycles. The third-order valence-corrected chi connectivity index (χ3v) is 2.71. The van der Waals surface area contributed by atoms with Crippen LogP contribution in [0.2, 0.25) is 0 Å². The lowest BCUT2D eigenvalue weighted by Crippen LogP contribution is -2.20. The van der Waals surface area contributed by atoms with E-state index in [1.165, 1.54) is 23.2 Å². The quantitative estimate of drug-likeness (QED) is 0.750. The number of anilines is 1. The molecule has 0 fully saturated rings. The molecule has 0 amide bonds. The smallest absolute Gasteiger partial charge is 0.0393 e. The summed E-state index contributed by atoms with van der Waals surface area (Å²) in [7, 11) is 2.15. The second-order valence-electron chi connectivity index (χ2n) is 4.21. The van der Waals surface area contributed by atoms with Crippen molar-refractivity contribution in [3.8, 4) is 0 Å².